The fourth-order valence-electron chi connectivity index (χ4n) is 4.82. The first-order valence-corrected chi connectivity index (χ1v) is 13.0. The molecule has 6 nitrogen and oxygen atoms in total. The van der Waals surface area contributed by atoms with Gasteiger partial charge in [-0.15, -0.1) is 0 Å². The molecule has 3 aromatic carbocycles. The third kappa shape index (κ3) is 6.32. The molecule has 1 N–H and O–H groups in total. The lowest BCUT2D eigenvalue weighted by Crippen LogP contribution is -2.49. The van der Waals surface area contributed by atoms with Crippen molar-refractivity contribution in [2.45, 2.75) is 32.5 Å². The van der Waals surface area contributed by atoms with Crippen LogP contribution in [-0.2, 0) is 6.54 Å². The van der Waals surface area contributed by atoms with E-state index < -0.39 is 0 Å². The molecule has 0 saturated carbocycles. The lowest BCUT2D eigenvalue weighted by atomic mass is 9.99. The smallest absolute Gasteiger partial charge is 0.258 e. The number of anilines is 1. The highest BCUT2D eigenvalue weighted by atomic mass is 16.5. The molecule has 0 saturated heterocycles. The quantitative estimate of drug-likeness (QED) is 0.482. The molecular weight excluding hydrogens is 462 g/mol. The molecule has 6 heteroatoms. The summed E-state index contributed by atoms with van der Waals surface area (Å²) in [5.74, 6) is 0.586. The highest BCUT2D eigenvalue weighted by Crippen LogP contribution is 2.31. The summed E-state index contributed by atoms with van der Waals surface area (Å²) in [5.41, 5.74) is 5.14. The van der Waals surface area contributed by atoms with Crippen LogP contribution in [0.3, 0.4) is 0 Å². The van der Waals surface area contributed by atoms with E-state index in [-0.39, 0.29) is 30.6 Å². The molecule has 0 bridgehead atoms. The number of amides is 1. The van der Waals surface area contributed by atoms with E-state index in [9.17, 15) is 9.90 Å². The summed E-state index contributed by atoms with van der Waals surface area (Å²) >= 11 is 0. The number of carbonyl (C=O) groups excluding carboxylic acids is 1. The van der Waals surface area contributed by atoms with E-state index in [0.29, 0.717) is 24.4 Å². The SMILES string of the molecule is C[C@H](CO)N1C[C@H](C)[C@H](CN(C)Cc2ccc(-c3ccccc3)cc2)Oc2ccc(N(C)C)cc2C1=O. The molecule has 3 aromatic rings. The van der Waals surface area contributed by atoms with E-state index >= 15 is 0 Å². The van der Waals surface area contributed by atoms with Crippen LogP contribution < -0.4 is 9.64 Å². The number of fused-ring (bicyclic) bond motifs is 1. The summed E-state index contributed by atoms with van der Waals surface area (Å²) in [6.45, 7) is 5.97. The van der Waals surface area contributed by atoms with E-state index in [4.69, 9.17) is 4.74 Å². The molecular formula is C31H39N3O3. The molecule has 0 unspecified atom stereocenters. The zero-order chi connectivity index (χ0) is 26.5. The van der Waals surface area contributed by atoms with Crippen LogP contribution in [0, 0.1) is 5.92 Å². The topological polar surface area (TPSA) is 56.2 Å². The van der Waals surface area contributed by atoms with Gasteiger partial charge in [-0.1, -0.05) is 61.5 Å². The third-order valence-corrected chi connectivity index (χ3v) is 7.17. The Balaban J connectivity index is 1.53. The fourth-order valence-corrected chi connectivity index (χ4v) is 4.82. The maximum Gasteiger partial charge on any atom is 0.258 e. The average molecular weight is 502 g/mol. The Bertz CT molecular complexity index is 1180. The number of ether oxygens (including phenoxy) is 1. The molecule has 1 aliphatic rings. The summed E-state index contributed by atoms with van der Waals surface area (Å²) < 4.78 is 6.53. The standard InChI is InChI=1S/C31H39N3O3/c1-22-18-34(23(2)21-35)31(36)28-17-27(32(3)4)15-16-29(28)37-30(22)20-33(5)19-24-11-13-26(14-12-24)25-9-7-6-8-10-25/h6-17,22-23,30,35H,18-21H2,1-5H3/t22-,23+,30-/m0/s1. The van der Waals surface area contributed by atoms with Gasteiger partial charge < -0.3 is 19.6 Å². The van der Waals surface area contributed by atoms with Gasteiger partial charge in [-0.3, -0.25) is 9.69 Å². The van der Waals surface area contributed by atoms with Crippen molar-refractivity contribution in [3.63, 3.8) is 0 Å². The number of nitrogens with zero attached hydrogens (tertiary/aromatic N) is 3. The van der Waals surface area contributed by atoms with Crippen LogP contribution in [0.1, 0.15) is 29.8 Å². The van der Waals surface area contributed by atoms with Gasteiger partial charge in [0, 0.05) is 45.3 Å². The maximum atomic E-state index is 13.5. The number of benzene rings is 3. The first kappa shape index (κ1) is 26.7. The second-order valence-corrected chi connectivity index (χ2v) is 10.5. The predicted molar refractivity (Wildman–Crippen MR) is 150 cm³/mol. The second-order valence-electron chi connectivity index (χ2n) is 10.5. The Morgan fingerprint density at radius 3 is 2.32 bits per heavy atom. The highest BCUT2D eigenvalue weighted by Gasteiger charge is 2.33. The van der Waals surface area contributed by atoms with Crippen LogP contribution in [0.4, 0.5) is 5.69 Å². The van der Waals surface area contributed by atoms with Gasteiger partial charge >= 0.3 is 0 Å². The number of aliphatic hydroxyl groups is 1. The van der Waals surface area contributed by atoms with Gasteiger partial charge in [0.1, 0.15) is 11.9 Å². The first-order valence-electron chi connectivity index (χ1n) is 13.0. The van der Waals surface area contributed by atoms with Crippen molar-refractivity contribution < 1.29 is 14.6 Å². The number of hydrogen-bond donors (Lipinski definition) is 1. The fraction of sp³-hybridized carbons (Fsp3) is 0.387. The van der Waals surface area contributed by atoms with Crippen molar-refractivity contribution >= 4 is 11.6 Å². The average Bonchev–Trinajstić information content (AvgIpc) is 2.90. The van der Waals surface area contributed by atoms with Crippen LogP contribution >= 0.6 is 0 Å². The number of rotatable bonds is 8. The van der Waals surface area contributed by atoms with Gasteiger partial charge in [-0.25, -0.2) is 0 Å². The third-order valence-electron chi connectivity index (χ3n) is 7.17. The zero-order valence-corrected chi connectivity index (χ0v) is 22.6. The van der Waals surface area contributed by atoms with Crippen molar-refractivity contribution in [2.75, 3.05) is 45.7 Å². The number of aliphatic hydroxyl groups excluding tert-OH is 1. The molecule has 1 amide bonds. The number of likely N-dealkylation sites (N-methyl/N-ethyl adjacent to an activating group) is 1. The number of carbonyl (C=O) groups is 1. The van der Waals surface area contributed by atoms with Crippen molar-refractivity contribution in [1.82, 2.24) is 9.80 Å². The molecule has 37 heavy (non-hydrogen) atoms. The Labute approximate surface area is 221 Å². The predicted octanol–water partition coefficient (Wildman–Crippen LogP) is 4.77. The lowest BCUT2D eigenvalue weighted by molar-refractivity contribution is 0.0341. The number of hydrogen-bond acceptors (Lipinski definition) is 5. The van der Waals surface area contributed by atoms with Crippen molar-refractivity contribution in [3.8, 4) is 16.9 Å². The molecule has 3 atom stereocenters. The van der Waals surface area contributed by atoms with Gasteiger partial charge in [-0.2, -0.15) is 0 Å². The minimum Gasteiger partial charge on any atom is -0.488 e. The lowest BCUT2D eigenvalue weighted by Gasteiger charge is -2.38. The van der Waals surface area contributed by atoms with Crippen LogP contribution in [-0.4, -0.2) is 73.8 Å². The molecule has 4 rings (SSSR count). The largest absolute Gasteiger partial charge is 0.488 e. The Kier molecular flexibility index (Phi) is 8.52. The Morgan fingerprint density at radius 1 is 1.00 bits per heavy atom. The summed E-state index contributed by atoms with van der Waals surface area (Å²) in [7, 11) is 6.02. The van der Waals surface area contributed by atoms with Gasteiger partial charge in [0.2, 0.25) is 0 Å². The second kappa shape index (κ2) is 11.8. The van der Waals surface area contributed by atoms with Crippen LogP contribution in [0.15, 0.2) is 72.8 Å². The van der Waals surface area contributed by atoms with Gasteiger partial charge in [-0.05, 0) is 48.9 Å². The monoisotopic (exact) mass is 501 g/mol. The van der Waals surface area contributed by atoms with Crippen LogP contribution in [0.5, 0.6) is 5.75 Å². The van der Waals surface area contributed by atoms with Crippen molar-refractivity contribution in [3.05, 3.63) is 83.9 Å². The molecule has 0 aromatic heterocycles. The highest BCUT2D eigenvalue weighted by molar-refractivity contribution is 5.98. The molecule has 0 spiro atoms. The molecule has 0 radical (unpaired) electrons. The normalized spacial score (nSPS) is 18.6. The molecule has 0 aliphatic carbocycles. The van der Waals surface area contributed by atoms with Crippen LogP contribution in [0.2, 0.25) is 0 Å². The zero-order valence-electron chi connectivity index (χ0n) is 22.6. The van der Waals surface area contributed by atoms with Crippen molar-refractivity contribution in [1.29, 1.82) is 0 Å². The Hall–Kier alpha value is -3.35. The van der Waals surface area contributed by atoms with E-state index in [1.165, 1.54) is 16.7 Å². The first-order chi connectivity index (χ1) is 17.8. The summed E-state index contributed by atoms with van der Waals surface area (Å²) in [5, 5.41) is 9.87. The summed E-state index contributed by atoms with van der Waals surface area (Å²) in [6, 6.07) is 24.6. The maximum absolute atomic E-state index is 13.5. The van der Waals surface area contributed by atoms with E-state index in [2.05, 4.69) is 67.4 Å². The van der Waals surface area contributed by atoms with Crippen molar-refractivity contribution in [2.24, 2.45) is 5.92 Å². The molecule has 1 aliphatic heterocycles. The molecule has 196 valence electrons. The minimum absolute atomic E-state index is 0.0778. The van der Waals surface area contributed by atoms with E-state index in [1.807, 2.05) is 50.2 Å². The van der Waals surface area contributed by atoms with Crippen LogP contribution in [0.25, 0.3) is 11.1 Å². The minimum atomic E-state index is -0.273. The summed E-state index contributed by atoms with van der Waals surface area (Å²) in [6.07, 6.45) is -0.112. The van der Waals surface area contributed by atoms with Gasteiger partial charge in [0.05, 0.1) is 18.2 Å². The van der Waals surface area contributed by atoms with Gasteiger partial charge in [0.25, 0.3) is 5.91 Å². The molecule has 1 heterocycles. The van der Waals surface area contributed by atoms with E-state index in [0.717, 1.165) is 12.2 Å². The van der Waals surface area contributed by atoms with E-state index in [1.54, 1.807) is 4.90 Å². The summed E-state index contributed by atoms with van der Waals surface area (Å²) in [4.78, 5) is 19.6. The Morgan fingerprint density at radius 2 is 1.68 bits per heavy atom. The molecule has 0 fully saturated rings. The van der Waals surface area contributed by atoms with Gasteiger partial charge in [0.15, 0.2) is 0 Å².